The summed E-state index contributed by atoms with van der Waals surface area (Å²) in [6.45, 7) is 3.50. The Bertz CT molecular complexity index is 1270. The van der Waals surface area contributed by atoms with Crippen LogP contribution in [-0.2, 0) is 10.0 Å². The molecule has 1 amide bonds. The molecule has 2 aromatic carbocycles. The molecular weight excluding hydrogens is 478 g/mol. The van der Waals surface area contributed by atoms with Crippen LogP contribution < -0.4 is 5.32 Å². The summed E-state index contributed by atoms with van der Waals surface area (Å²) < 4.78 is 40.9. The quantitative estimate of drug-likeness (QED) is 0.475. The van der Waals surface area contributed by atoms with Crippen molar-refractivity contribution in [2.75, 3.05) is 0 Å². The molecule has 0 aliphatic carbocycles. The average Bonchev–Trinajstić information content (AvgIpc) is 3.22. The van der Waals surface area contributed by atoms with Gasteiger partial charge in [-0.05, 0) is 60.5 Å². The Morgan fingerprint density at radius 1 is 1.00 bits per heavy atom. The number of nitrogens with zero attached hydrogens (tertiary/aromatic N) is 1. The Balaban J connectivity index is 1.92. The Kier molecular flexibility index (Phi) is 7.07. The van der Waals surface area contributed by atoms with Crippen molar-refractivity contribution < 1.29 is 22.4 Å². The van der Waals surface area contributed by atoms with Gasteiger partial charge < -0.3 is 5.32 Å². The molecule has 0 saturated heterocycles. The number of amides is 1. The van der Waals surface area contributed by atoms with E-state index in [-0.39, 0.29) is 22.4 Å². The van der Waals surface area contributed by atoms with Crippen LogP contribution in [0, 0.1) is 11.7 Å². The molecule has 1 atom stereocenters. The standard InChI is InChI=1S/C22H19Cl2FN2O4S/c1-13(2)20(21(28)14-5-7-15(23)8-6-14)26-22(29)18-4-3-11-27(18)32(30,31)19-10-9-16(24)12-17(19)25/h3-13,20H,1-2H3,(H,26,29). The summed E-state index contributed by atoms with van der Waals surface area (Å²) in [4.78, 5) is 25.3. The normalized spacial score (nSPS) is 12.6. The second-order valence-corrected chi connectivity index (χ2v) is 9.99. The maximum absolute atomic E-state index is 14.3. The number of carbonyl (C=O) groups excluding carboxylic acids is 2. The van der Waals surface area contributed by atoms with Gasteiger partial charge in [0.25, 0.3) is 15.9 Å². The molecule has 0 saturated carbocycles. The number of halogens is 3. The number of Topliss-reactive ketones (excluding diaryl/α,β-unsaturated/α-hetero) is 1. The van der Waals surface area contributed by atoms with Crippen LogP contribution in [0.2, 0.25) is 10.0 Å². The van der Waals surface area contributed by atoms with Crippen LogP contribution in [0.3, 0.4) is 0 Å². The molecule has 1 N–H and O–H groups in total. The lowest BCUT2D eigenvalue weighted by Gasteiger charge is -2.22. The molecule has 0 fully saturated rings. The van der Waals surface area contributed by atoms with Crippen molar-refractivity contribution in [1.82, 2.24) is 9.29 Å². The van der Waals surface area contributed by atoms with Crippen LogP contribution >= 0.6 is 23.2 Å². The third-order valence-electron chi connectivity index (χ3n) is 4.74. The Labute approximate surface area is 195 Å². The predicted octanol–water partition coefficient (Wildman–Crippen LogP) is 4.81. The molecule has 10 heteroatoms. The van der Waals surface area contributed by atoms with E-state index in [1.54, 1.807) is 38.1 Å². The maximum Gasteiger partial charge on any atom is 0.271 e. The summed E-state index contributed by atoms with van der Waals surface area (Å²) in [7, 11) is -4.43. The molecule has 0 aliphatic rings. The number of nitrogens with one attached hydrogen (secondary N) is 1. The molecular formula is C22H19Cl2FN2O4S. The first-order chi connectivity index (χ1) is 15.0. The molecule has 0 spiro atoms. The van der Waals surface area contributed by atoms with Crippen molar-refractivity contribution >= 4 is 44.9 Å². The second kappa shape index (κ2) is 9.44. The molecule has 32 heavy (non-hydrogen) atoms. The molecule has 0 bridgehead atoms. The number of hydrogen-bond acceptors (Lipinski definition) is 4. The van der Waals surface area contributed by atoms with Gasteiger partial charge >= 0.3 is 0 Å². The molecule has 6 nitrogen and oxygen atoms in total. The summed E-state index contributed by atoms with van der Waals surface area (Å²) in [5, 5.41) is 3.09. The minimum absolute atomic E-state index is 0.0346. The smallest absolute Gasteiger partial charge is 0.271 e. The first-order valence-electron chi connectivity index (χ1n) is 9.51. The number of carbonyl (C=O) groups is 2. The van der Waals surface area contributed by atoms with Crippen molar-refractivity contribution in [2.45, 2.75) is 24.8 Å². The lowest BCUT2D eigenvalue weighted by Crippen LogP contribution is -2.45. The van der Waals surface area contributed by atoms with E-state index in [9.17, 15) is 22.4 Å². The summed E-state index contributed by atoms with van der Waals surface area (Å²) >= 11 is 11.6. The third kappa shape index (κ3) is 4.87. The zero-order valence-corrected chi connectivity index (χ0v) is 19.4. The second-order valence-electron chi connectivity index (χ2n) is 7.34. The molecule has 3 rings (SSSR count). The highest BCUT2D eigenvalue weighted by atomic mass is 35.5. The SMILES string of the molecule is CC(C)C(NC(=O)c1cccn1S(=O)(=O)c1ccc(Cl)cc1F)C(=O)c1ccc(Cl)cc1. The highest BCUT2D eigenvalue weighted by Gasteiger charge is 2.30. The highest BCUT2D eigenvalue weighted by Crippen LogP contribution is 2.23. The molecule has 0 radical (unpaired) electrons. The van der Waals surface area contributed by atoms with Crippen LogP contribution in [0.15, 0.2) is 65.7 Å². The highest BCUT2D eigenvalue weighted by molar-refractivity contribution is 7.90. The molecule has 168 valence electrons. The fraction of sp³-hybridized carbons (Fsp3) is 0.182. The predicted molar refractivity (Wildman–Crippen MR) is 120 cm³/mol. The van der Waals surface area contributed by atoms with Crippen LogP contribution in [-0.4, -0.2) is 30.1 Å². The van der Waals surface area contributed by atoms with Gasteiger partial charge in [-0.1, -0.05) is 37.0 Å². The lowest BCUT2D eigenvalue weighted by molar-refractivity contribution is 0.0828. The first-order valence-corrected chi connectivity index (χ1v) is 11.7. The monoisotopic (exact) mass is 496 g/mol. The van der Waals surface area contributed by atoms with E-state index in [2.05, 4.69) is 5.32 Å². The van der Waals surface area contributed by atoms with E-state index >= 15 is 0 Å². The topological polar surface area (TPSA) is 85.2 Å². The fourth-order valence-corrected chi connectivity index (χ4v) is 4.76. The van der Waals surface area contributed by atoms with Crippen molar-refractivity contribution in [1.29, 1.82) is 0 Å². The zero-order chi connectivity index (χ0) is 23.6. The van der Waals surface area contributed by atoms with Gasteiger partial charge in [-0.15, -0.1) is 0 Å². The van der Waals surface area contributed by atoms with Crippen LogP contribution in [0.4, 0.5) is 4.39 Å². The fourth-order valence-electron chi connectivity index (χ4n) is 3.09. The Morgan fingerprint density at radius 2 is 1.62 bits per heavy atom. The molecule has 3 aromatic rings. The van der Waals surface area contributed by atoms with Gasteiger partial charge in [-0.3, -0.25) is 9.59 Å². The number of rotatable bonds is 7. The van der Waals surface area contributed by atoms with Gasteiger partial charge in [-0.2, -0.15) is 0 Å². The van der Waals surface area contributed by atoms with Crippen molar-refractivity contribution in [3.8, 4) is 0 Å². The van der Waals surface area contributed by atoms with Crippen LogP contribution in [0.5, 0.6) is 0 Å². The summed E-state index contributed by atoms with van der Waals surface area (Å²) in [5.41, 5.74) is 0.0774. The molecule has 1 heterocycles. The Hall–Kier alpha value is -2.68. The number of aromatic nitrogens is 1. The maximum atomic E-state index is 14.3. The summed E-state index contributed by atoms with van der Waals surface area (Å²) in [6.07, 6.45) is 1.13. The van der Waals surface area contributed by atoms with Gasteiger partial charge in [0.1, 0.15) is 16.4 Å². The van der Waals surface area contributed by atoms with Gasteiger partial charge in [0, 0.05) is 21.8 Å². The largest absolute Gasteiger partial charge is 0.340 e. The summed E-state index contributed by atoms with van der Waals surface area (Å²) in [5.74, 6) is -2.49. The van der Waals surface area contributed by atoms with Gasteiger partial charge in [0.15, 0.2) is 5.78 Å². The van der Waals surface area contributed by atoms with Crippen molar-refractivity contribution in [2.24, 2.45) is 5.92 Å². The molecule has 0 aliphatic heterocycles. The minimum Gasteiger partial charge on any atom is -0.340 e. The van der Waals surface area contributed by atoms with E-state index in [1.807, 2.05) is 0 Å². The van der Waals surface area contributed by atoms with Crippen LogP contribution in [0.1, 0.15) is 34.7 Å². The minimum atomic E-state index is -4.43. The van der Waals surface area contributed by atoms with Crippen molar-refractivity contribution in [3.05, 3.63) is 87.9 Å². The van der Waals surface area contributed by atoms with E-state index in [0.29, 0.717) is 14.6 Å². The van der Waals surface area contributed by atoms with E-state index in [4.69, 9.17) is 23.2 Å². The number of ketones is 1. The zero-order valence-electron chi connectivity index (χ0n) is 17.1. The lowest BCUT2D eigenvalue weighted by atomic mass is 9.95. The van der Waals surface area contributed by atoms with E-state index < -0.39 is 32.7 Å². The van der Waals surface area contributed by atoms with Crippen LogP contribution in [0.25, 0.3) is 0 Å². The van der Waals surface area contributed by atoms with Crippen molar-refractivity contribution in [3.63, 3.8) is 0 Å². The first kappa shape index (κ1) is 24.0. The molecule has 1 unspecified atom stereocenters. The van der Waals surface area contributed by atoms with Gasteiger partial charge in [0.05, 0.1) is 6.04 Å². The average molecular weight is 497 g/mol. The van der Waals surface area contributed by atoms with E-state index in [1.165, 1.54) is 18.2 Å². The van der Waals surface area contributed by atoms with Gasteiger partial charge in [-0.25, -0.2) is 16.8 Å². The van der Waals surface area contributed by atoms with Gasteiger partial charge in [0.2, 0.25) is 0 Å². The Morgan fingerprint density at radius 3 is 2.22 bits per heavy atom. The third-order valence-corrected chi connectivity index (χ3v) is 6.95. The number of benzene rings is 2. The van der Waals surface area contributed by atoms with E-state index in [0.717, 1.165) is 18.3 Å². The number of hydrogen-bond donors (Lipinski definition) is 1. The summed E-state index contributed by atoms with van der Waals surface area (Å²) in [6, 6.07) is 11.0. The molecule has 1 aromatic heterocycles.